The van der Waals surface area contributed by atoms with E-state index in [9.17, 15) is 19.8 Å². The minimum Gasteiger partial charge on any atom is -0.504 e. The molecule has 6 rings (SSSR count). The van der Waals surface area contributed by atoms with Gasteiger partial charge in [-0.3, -0.25) is 14.5 Å². The highest BCUT2D eigenvalue weighted by Gasteiger charge is 2.47. The van der Waals surface area contributed by atoms with Gasteiger partial charge in [-0.05, 0) is 55.0 Å². The SMILES string of the molecule is CCOc1cc(C2C(C(=O)c3cc4cccc(OC)c4o3)=C(O)C(=O)N2c2nc3ccc(Cl)cc3s2)ccc1O. The quantitative estimate of drug-likeness (QED) is 0.208. The number of furan rings is 1. The van der Waals surface area contributed by atoms with Gasteiger partial charge in [-0.25, -0.2) is 4.98 Å². The van der Waals surface area contributed by atoms with E-state index in [0.29, 0.717) is 32.8 Å². The number of amides is 1. The maximum Gasteiger partial charge on any atom is 0.296 e. The minimum absolute atomic E-state index is 0.0828. The third-order valence-corrected chi connectivity index (χ3v) is 7.80. The van der Waals surface area contributed by atoms with Crippen LogP contribution in [-0.4, -0.2) is 40.6 Å². The first-order valence-corrected chi connectivity index (χ1v) is 13.4. The number of carbonyl (C=O) groups excluding carboxylic acids is 2. The van der Waals surface area contributed by atoms with E-state index in [2.05, 4.69) is 4.98 Å². The lowest BCUT2D eigenvalue weighted by Crippen LogP contribution is -2.31. The Morgan fingerprint density at radius 1 is 1.12 bits per heavy atom. The van der Waals surface area contributed by atoms with Crippen LogP contribution < -0.4 is 14.4 Å². The number of hydrogen-bond acceptors (Lipinski definition) is 9. The van der Waals surface area contributed by atoms with Crippen LogP contribution in [0.2, 0.25) is 5.02 Å². The van der Waals surface area contributed by atoms with Crippen molar-refractivity contribution in [2.75, 3.05) is 18.6 Å². The van der Waals surface area contributed by atoms with E-state index < -0.39 is 23.5 Å². The number of phenolic OH excluding ortho intramolecular Hbond substituents is 1. The number of halogens is 1. The van der Waals surface area contributed by atoms with Gasteiger partial charge in [0.15, 0.2) is 39.5 Å². The predicted octanol–water partition coefficient (Wildman–Crippen LogP) is 6.59. The van der Waals surface area contributed by atoms with Crippen LogP contribution in [0.15, 0.2) is 76.4 Å². The van der Waals surface area contributed by atoms with E-state index >= 15 is 0 Å². The van der Waals surface area contributed by atoms with Crippen molar-refractivity contribution in [3.8, 4) is 17.2 Å². The van der Waals surface area contributed by atoms with Crippen LogP contribution in [0.5, 0.6) is 17.2 Å². The summed E-state index contributed by atoms with van der Waals surface area (Å²) in [4.78, 5) is 33.4. The second kappa shape index (κ2) is 9.89. The molecule has 0 spiro atoms. The zero-order chi connectivity index (χ0) is 28.1. The van der Waals surface area contributed by atoms with Crippen molar-refractivity contribution < 1.29 is 33.7 Å². The summed E-state index contributed by atoms with van der Waals surface area (Å²) in [6.45, 7) is 2.04. The standard InChI is InChI=1S/C29H21ClN2O7S/c1-3-38-20-11-14(7-10-18(20)33)24-23(25(34)21-12-15-5-4-6-19(37-2)27(15)39-21)26(35)28(36)32(24)29-31-17-9-8-16(30)13-22(17)40-29/h4-13,24,33,35H,3H2,1-2H3. The van der Waals surface area contributed by atoms with Crippen LogP contribution >= 0.6 is 22.9 Å². The fourth-order valence-corrected chi connectivity index (χ4v) is 6.02. The highest BCUT2D eigenvalue weighted by molar-refractivity contribution is 7.22. The molecule has 1 amide bonds. The number of hydrogen-bond donors (Lipinski definition) is 2. The summed E-state index contributed by atoms with van der Waals surface area (Å²) < 4.78 is 17.5. The monoisotopic (exact) mass is 576 g/mol. The van der Waals surface area contributed by atoms with Gasteiger partial charge in [-0.15, -0.1) is 0 Å². The molecule has 2 N–H and O–H groups in total. The number of rotatable bonds is 7. The Balaban J connectivity index is 1.53. The Morgan fingerprint density at radius 3 is 2.73 bits per heavy atom. The van der Waals surface area contributed by atoms with Gasteiger partial charge >= 0.3 is 0 Å². The average Bonchev–Trinajstić information content (AvgIpc) is 3.63. The molecule has 3 heterocycles. The third-order valence-electron chi connectivity index (χ3n) is 6.55. The lowest BCUT2D eigenvalue weighted by Gasteiger charge is -2.24. The van der Waals surface area contributed by atoms with Crippen LogP contribution in [0.3, 0.4) is 0 Å². The van der Waals surface area contributed by atoms with Crippen LogP contribution in [0, 0.1) is 0 Å². The van der Waals surface area contributed by atoms with Crippen LogP contribution in [0.1, 0.15) is 29.1 Å². The Bertz CT molecular complexity index is 1860. The molecule has 9 nitrogen and oxygen atoms in total. The summed E-state index contributed by atoms with van der Waals surface area (Å²) in [5, 5.41) is 22.8. The van der Waals surface area contributed by atoms with Crippen LogP contribution in [-0.2, 0) is 4.79 Å². The first kappa shape index (κ1) is 25.7. The number of Topliss-reactive ketones (excluding diaryl/α,β-unsaturated/α-hetero) is 1. The van der Waals surface area contributed by atoms with Gasteiger partial charge in [0.1, 0.15) is 0 Å². The van der Waals surface area contributed by atoms with Crippen molar-refractivity contribution in [3.63, 3.8) is 0 Å². The second-order valence-electron chi connectivity index (χ2n) is 8.93. The molecule has 0 bridgehead atoms. The minimum atomic E-state index is -1.11. The Kier molecular flexibility index (Phi) is 6.36. The smallest absolute Gasteiger partial charge is 0.296 e. The van der Waals surface area contributed by atoms with Gasteiger partial charge in [-0.2, -0.15) is 0 Å². The number of fused-ring (bicyclic) bond motifs is 2. The van der Waals surface area contributed by atoms with Gasteiger partial charge in [0.05, 0.1) is 35.5 Å². The number of benzene rings is 3. The van der Waals surface area contributed by atoms with Crippen molar-refractivity contribution in [3.05, 3.63) is 88.3 Å². The number of aliphatic hydroxyl groups is 1. The van der Waals surface area contributed by atoms with E-state index in [4.69, 9.17) is 25.5 Å². The van der Waals surface area contributed by atoms with Crippen molar-refractivity contribution in [2.45, 2.75) is 13.0 Å². The summed E-state index contributed by atoms with van der Waals surface area (Å²) in [6.07, 6.45) is 0. The molecule has 0 saturated carbocycles. The largest absolute Gasteiger partial charge is 0.504 e. The maximum absolute atomic E-state index is 14.0. The third kappa shape index (κ3) is 4.12. The zero-order valence-electron chi connectivity index (χ0n) is 21.2. The molecule has 2 aromatic heterocycles. The molecule has 0 saturated heterocycles. The number of methoxy groups -OCH3 is 1. The van der Waals surface area contributed by atoms with E-state index in [1.165, 1.54) is 41.5 Å². The van der Waals surface area contributed by atoms with Crippen LogP contribution in [0.4, 0.5) is 5.13 Å². The summed E-state index contributed by atoms with van der Waals surface area (Å²) in [6, 6.07) is 15.3. The lowest BCUT2D eigenvalue weighted by atomic mass is 9.95. The number of nitrogens with zero attached hydrogens (tertiary/aromatic N) is 2. The molecule has 3 aromatic carbocycles. The summed E-state index contributed by atoms with van der Waals surface area (Å²) in [5.41, 5.74) is 1.17. The fourth-order valence-electron chi connectivity index (χ4n) is 4.75. The summed E-state index contributed by atoms with van der Waals surface area (Å²) >= 11 is 7.35. The molecule has 1 aliphatic rings. The Morgan fingerprint density at radius 2 is 1.95 bits per heavy atom. The lowest BCUT2D eigenvalue weighted by molar-refractivity contribution is -0.117. The van der Waals surface area contributed by atoms with E-state index in [-0.39, 0.29) is 34.6 Å². The van der Waals surface area contributed by atoms with Gasteiger partial charge in [0, 0.05) is 10.4 Å². The number of phenols is 1. The van der Waals surface area contributed by atoms with Gasteiger partial charge in [0.2, 0.25) is 5.78 Å². The van der Waals surface area contributed by atoms with E-state index in [1.807, 2.05) is 0 Å². The molecule has 40 heavy (non-hydrogen) atoms. The van der Waals surface area contributed by atoms with E-state index in [1.54, 1.807) is 49.4 Å². The van der Waals surface area contributed by atoms with Crippen molar-refractivity contribution in [1.29, 1.82) is 0 Å². The van der Waals surface area contributed by atoms with Crippen LogP contribution in [0.25, 0.3) is 21.2 Å². The highest BCUT2D eigenvalue weighted by Crippen LogP contribution is 2.46. The molecule has 11 heteroatoms. The molecule has 1 atom stereocenters. The Labute approximate surface area is 236 Å². The number of aromatic hydroxyl groups is 1. The summed E-state index contributed by atoms with van der Waals surface area (Å²) in [7, 11) is 1.49. The molecule has 0 fully saturated rings. The van der Waals surface area contributed by atoms with Gasteiger partial charge in [0.25, 0.3) is 5.91 Å². The second-order valence-corrected chi connectivity index (χ2v) is 10.4. The number of para-hydroxylation sites is 1. The topological polar surface area (TPSA) is 122 Å². The molecule has 202 valence electrons. The Hall–Kier alpha value is -4.54. The average molecular weight is 577 g/mol. The number of thiazole rings is 1. The number of aliphatic hydroxyl groups excluding tert-OH is 1. The number of ether oxygens (including phenoxy) is 2. The maximum atomic E-state index is 14.0. The molecular weight excluding hydrogens is 556 g/mol. The first-order valence-electron chi connectivity index (χ1n) is 12.2. The van der Waals surface area contributed by atoms with Crippen molar-refractivity contribution in [1.82, 2.24) is 4.98 Å². The molecular formula is C29H21ClN2O7S. The van der Waals surface area contributed by atoms with Gasteiger partial charge in [-0.1, -0.05) is 41.1 Å². The highest BCUT2D eigenvalue weighted by atomic mass is 35.5. The van der Waals surface area contributed by atoms with Crippen molar-refractivity contribution >= 4 is 60.9 Å². The molecule has 0 aliphatic carbocycles. The van der Waals surface area contributed by atoms with Gasteiger partial charge < -0.3 is 24.1 Å². The zero-order valence-corrected chi connectivity index (χ0v) is 22.7. The molecule has 1 unspecified atom stereocenters. The number of anilines is 1. The molecule has 5 aromatic rings. The van der Waals surface area contributed by atoms with E-state index in [0.717, 1.165) is 4.70 Å². The molecule has 1 aliphatic heterocycles. The number of aromatic nitrogens is 1. The predicted molar refractivity (Wildman–Crippen MR) is 151 cm³/mol. The fraction of sp³-hybridized carbons (Fsp3) is 0.138. The normalized spacial score (nSPS) is 15.4. The molecule has 0 radical (unpaired) electrons. The number of carbonyl (C=O) groups is 2. The number of ketones is 1. The first-order chi connectivity index (χ1) is 19.3. The summed E-state index contributed by atoms with van der Waals surface area (Å²) in [5.74, 6) is -1.82. The van der Waals surface area contributed by atoms with Crippen molar-refractivity contribution in [2.24, 2.45) is 0 Å².